The van der Waals surface area contributed by atoms with Crippen molar-refractivity contribution in [2.45, 2.75) is 52.7 Å². The molecule has 0 spiro atoms. The molecule has 0 aliphatic rings. The molecule has 0 unspecified atom stereocenters. The molecular formula is C25H33Cl2N3O5S. The topological polar surface area (TPSA) is 96.0 Å². The summed E-state index contributed by atoms with van der Waals surface area (Å²) in [7, 11) is -3.84. The van der Waals surface area contributed by atoms with E-state index in [0.717, 1.165) is 10.6 Å². The van der Waals surface area contributed by atoms with E-state index >= 15 is 0 Å². The second-order valence-electron chi connectivity index (χ2n) is 9.33. The van der Waals surface area contributed by atoms with Crippen molar-refractivity contribution >= 4 is 50.7 Å². The minimum atomic E-state index is -3.84. The van der Waals surface area contributed by atoms with Crippen molar-refractivity contribution in [3.8, 4) is 5.75 Å². The molecule has 0 aliphatic heterocycles. The lowest BCUT2D eigenvalue weighted by Crippen LogP contribution is -2.54. The quantitative estimate of drug-likeness (QED) is 0.464. The number of halogens is 2. The Hall–Kier alpha value is -2.49. The van der Waals surface area contributed by atoms with E-state index in [2.05, 4.69) is 5.32 Å². The van der Waals surface area contributed by atoms with Crippen LogP contribution in [0.2, 0.25) is 10.0 Å². The molecule has 8 nitrogen and oxygen atoms in total. The van der Waals surface area contributed by atoms with Gasteiger partial charge in [0.15, 0.2) is 0 Å². The van der Waals surface area contributed by atoms with E-state index in [1.54, 1.807) is 49.4 Å². The molecule has 11 heteroatoms. The molecule has 198 valence electrons. The summed E-state index contributed by atoms with van der Waals surface area (Å²) >= 11 is 12.7. The maximum absolute atomic E-state index is 13.6. The molecule has 2 aromatic rings. The van der Waals surface area contributed by atoms with E-state index in [1.165, 1.54) is 4.90 Å². The lowest BCUT2D eigenvalue weighted by Gasteiger charge is -2.33. The van der Waals surface area contributed by atoms with Crippen LogP contribution in [0.1, 0.15) is 40.2 Å². The molecule has 0 aliphatic carbocycles. The monoisotopic (exact) mass is 557 g/mol. The first kappa shape index (κ1) is 29.7. The van der Waals surface area contributed by atoms with Crippen molar-refractivity contribution in [3.63, 3.8) is 0 Å². The van der Waals surface area contributed by atoms with Crippen LogP contribution in [-0.4, -0.2) is 56.1 Å². The molecule has 2 amide bonds. The van der Waals surface area contributed by atoms with Gasteiger partial charge in [-0.05, 0) is 71.0 Å². The van der Waals surface area contributed by atoms with Crippen LogP contribution in [-0.2, 0) is 26.2 Å². The first-order valence-corrected chi connectivity index (χ1v) is 14.0. The largest absolute Gasteiger partial charge is 0.494 e. The van der Waals surface area contributed by atoms with Crippen molar-refractivity contribution in [3.05, 3.63) is 58.1 Å². The van der Waals surface area contributed by atoms with Crippen LogP contribution in [0.5, 0.6) is 5.75 Å². The third-order valence-electron chi connectivity index (χ3n) is 5.17. The van der Waals surface area contributed by atoms with Crippen LogP contribution in [0.3, 0.4) is 0 Å². The first-order valence-electron chi connectivity index (χ1n) is 11.4. The second kappa shape index (κ2) is 12.2. The van der Waals surface area contributed by atoms with Gasteiger partial charge >= 0.3 is 0 Å². The highest BCUT2D eigenvalue weighted by Crippen LogP contribution is 2.27. The molecular weight excluding hydrogens is 525 g/mol. The van der Waals surface area contributed by atoms with E-state index < -0.39 is 40.0 Å². The van der Waals surface area contributed by atoms with Crippen molar-refractivity contribution < 1.29 is 22.7 Å². The fourth-order valence-electron chi connectivity index (χ4n) is 3.40. The Morgan fingerprint density at radius 2 is 1.61 bits per heavy atom. The normalized spacial score (nSPS) is 12.6. The van der Waals surface area contributed by atoms with Gasteiger partial charge in [-0.1, -0.05) is 29.3 Å². The summed E-state index contributed by atoms with van der Waals surface area (Å²) in [6.45, 7) is 8.74. The Morgan fingerprint density at radius 1 is 1.06 bits per heavy atom. The zero-order valence-electron chi connectivity index (χ0n) is 21.3. The smallest absolute Gasteiger partial charge is 0.244 e. The molecule has 0 saturated carbocycles. The van der Waals surface area contributed by atoms with Gasteiger partial charge in [0.05, 0.1) is 18.6 Å². The van der Waals surface area contributed by atoms with Gasteiger partial charge in [0.1, 0.15) is 18.3 Å². The maximum atomic E-state index is 13.6. The number of carbonyl (C=O) groups excluding carboxylic acids is 2. The van der Waals surface area contributed by atoms with E-state index in [9.17, 15) is 18.0 Å². The number of ether oxygens (including phenoxy) is 1. The lowest BCUT2D eigenvalue weighted by atomic mass is 10.1. The number of sulfonamides is 1. The van der Waals surface area contributed by atoms with Crippen LogP contribution < -0.4 is 14.4 Å². The summed E-state index contributed by atoms with van der Waals surface area (Å²) < 4.78 is 31.7. The van der Waals surface area contributed by atoms with Gasteiger partial charge in [0, 0.05) is 27.7 Å². The Morgan fingerprint density at radius 3 is 2.08 bits per heavy atom. The van der Waals surface area contributed by atoms with E-state index in [-0.39, 0.29) is 12.2 Å². The molecule has 0 bridgehead atoms. The SMILES string of the molecule is CCOc1ccc(N(CC(=O)N(Cc2c(Cl)cccc2Cl)[C@@H](C)C(=O)NC(C)(C)C)S(C)(=O)=O)cc1. The van der Waals surface area contributed by atoms with Crippen molar-refractivity contribution in [1.29, 1.82) is 0 Å². The average Bonchev–Trinajstić information content (AvgIpc) is 2.76. The number of amides is 2. The zero-order chi connectivity index (χ0) is 27.3. The number of benzene rings is 2. The first-order chi connectivity index (χ1) is 16.6. The van der Waals surface area contributed by atoms with Crippen LogP contribution in [0.4, 0.5) is 5.69 Å². The van der Waals surface area contributed by atoms with Gasteiger partial charge < -0.3 is 15.0 Å². The molecule has 2 aromatic carbocycles. The van der Waals surface area contributed by atoms with Crippen molar-refractivity contribution in [2.24, 2.45) is 0 Å². The number of carbonyl (C=O) groups is 2. The molecule has 0 fully saturated rings. The third-order valence-corrected chi connectivity index (χ3v) is 7.02. The van der Waals surface area contributed by atoms with Crippen LogP contribution in [0.15, 0.2) is 42.5 Å². The highest BCUT2D eigenvalue weighted by molar-refractivity contribution is 7.92. The minimum absolute atomic E-state index is 0.0864. The average molecular weight is 559 g/mol. The van der Waals surface area contributed by atoms with Gasteiger partial charge in [0.25, 0.3) is 0 Å². The molecule has 0 heterocycles. The summed E-state index contributed by atoms with van der Waals surface area (Å²) in [6.07, 6.45) is 1.02. The van der Waals surface area contributed by atoms with Gasteiger partial charge in [-0.25, -0.2) is 8.42 Å². The summed E-state index contributed by atoms with van der Waals surface area (Å²) in [6, 6.07) is 10.4. The van der Waals surface area contributed by atoms with Crippen molar-refractivity contribution in [2.75, 3.05) is 23.7 Å². The Labute approximate surface area is 223 Å². The fourth-order valence-corrected chi connectivity index (χ4v) is 4.77. The van der Waals surface area contributed by atoms with Crippen LogP contribution in [0.25, 0.3) is 0 Å². The lowest BCUT2D eigenvalue weighted by molar-refractivity contribution is -0.140. The predicted molar refractivity (Wildman–Crippen MR) is 144 cm³/mol. The van der Waals surface area contributed by atoms with E-state index in [4.69, 9.17) is 27.9 Å². The molecule has 1 atom stereocenters. The fraction of sp³-hybridized carbons (Fsp3) is 0.440. The maximum Gasteiger partial charge on any atom is 0.244 e. The summed E-state index contributed by atoms with van der Waals surface area (Å²) in [5.74, 6) is -0.420. The highest BCUT2D eigenvalue weighted by Gasteiger charge is 2.32. The Balaban J connectivity index is 2.44. The van der Waals surface area contributed by atoms with Crippen LogP contribution in [0, 0.1) is 0 Å². The van der Waals surface area contributed by atoms with E-state index in [1.807, 2.05) is 27.7 Å². The Kier molecular flexibility index (Phi) is 10.0. The molecule has 0 saturated heterocycles. The zero-order valence-corrected chi connectivity index (χ0v) is 23.7. The molecule has 0 aromatic heterocycles. The summed E-state index contributed by atoms with van der Waals surface area (Å²) in [5, 5.41) is 3.52. The number of hydrogen-bond donors (Lipinski definition) is 1. The number of nitrogens with one attached hydrogen (secondary N) is 1. The van der Waals surface area contributed by atoms with Gasteiger partial charge in [-0.3, -0.25) is 13.9 Å². The third kappa shape index (κ3) is 8.28. The highest BCUT2D eigenvalue weighted by atomic mass is 35.5. The Bertz CT molecular complexity index is 1160. The number of rotatable bonds is 10. The number of anilines is 1. The van der Waals surface area contributed by atoms with Gasteiger partial charge in [-0.15, -0.1) is 0 Å². The molecule has 2 rings (SSSR count). The van der Waals surface area contributed by atoms with Gasteiger partial charge in [0.2, 0.25) is 21.8 Å². The van der Waals surface area contributed by atoms with E-state index in [0.29, 0.717) is 28.0 Å². The summed E-state index contributed by atoms with van der Waals surface area (Å²) in [4.78, 5) is 27.9. The minimum Gasteiger partial charge on any atom is -0.494 e. The number of nitrogens with zero attached hydrogens (tertiary/aromatic N) is 2. The van der Waals surface area contributed by atoms with Crippen LogP contribution >= 0.6 is 23.2 Å². The predicted octanol–water partition coefficient (Wildman–Crippen LogP) is 4.49. The number of hydrogen-bond acceptors (Lipinski definition) is 5. The van der Waals surface area contributed by atoms with Crippen molar-refractivity contribution in [1.82, 2.24) is 10.2 Å². The summed E-state index contributed by atoms with van der Waals surface area (Å²) in [5.41, 5.74) is 0.205. The molecule has 0 radical (unpaired) electrons. The standard InChI is InChI=1S/C25H33Cl2N3O5S/c1-7-35-19-13-11-18(12-14-19)30(36(6,33)34)16-23(31)29(17(2)24(32)28-25(3,4)5)15-20-21(26)9-8-10-22(20)27/h8-14,17H,7,15-16H2,1-6H3,(H,28,32)/t17-/m0/s1. The molecule has 36 heavy (non-hydrogen) atoms. The molecule has 1 N–H and O–H groups in total. The van der Waals surface area contributed by atoms with Gasteiger partial charge in [-0.2, -0.15) is 0 Å². The second-order valence-corrected chi connectivity index (χ2v) is 12.1.